The number of anilines is 1. The van der Waals surface area contributed by atoms with Gasteiger partial charge < -0.3 is 4.74 Å². The topological polar surface area (TPSA) is 53.3 Å². The summed E-state index contributed by atoms with van der Waals surface area (Å²) < 4.78 is 5.46. The number of nitrogens with zero attached hydrogens (tertiary/aromatic N) is 2. The highest BCUT2D eigenvalue weighted by Crippen LogP contribution is 2.34. The fraction of sp³-hybridized carbons (Fsp3) is 0.500. The molecule has 5 heteroatoms. The van der Waals surface area contributed by atoms with E-state index in [9.17, 15) is 10.1 Å². The Hall–Kier alpha value is -1.73. The largest absolute Gasteiger partial charge is 0.443 e. The Morgan fingerprint density at radius 1 is 1.48 bits per heavy atom. The van der Waals surface area contributed by atoms with Gasteiger partial charge in [0.05, 0.1) is 11.3 Å². The van der Waals surface area contributed by atoms with Crippen molar-refractivity contribution >= 4 is 23.4 Å². The van der Waals surface area contributed by atoms with Gasteiger partial charge in [-0.2, -0.15) is 5.26 Å². The summed E-state index contributed by atoms with van der Waals surface area (Å²) in [6, 6.07) is 7.03. The number of ether oxygens (including phenoxy) is 1. The van der Waals surface area contributed by atoms with Crippen molar-refractivity contribution in [2.75, 3.05) is 11.4 Å². The molecule has 1 aliphatic rings. The first-order chi connectivity index (χ1) is 9.80. The molecule has 0 radical (unpaired) electrons. The average molecular weight is 307 g/mol. The van der Waals surface area contributed by atoms with Crippen molar-refractivity contribution < 1.29 is 9.53 Å². The molecule has 1 aromatic rings. The number of carbonyl (C=O) groups is 1. The molecule has 1 aliphatic carbocycles. The molecule has 21 heavy (non-hydrogen) atoms. The van der Waals surface area contributed by atoms with Gasteiger partial charge in [-0.05, 0) is 57.7 Å². The minimum absolute atomic E-state index is 0.422. The highest BCUT2D eigenvalue weighted by molar-refractivity contribution is 6.31. The Morgan fingerprint density at radius 2 is 2.14 bits per heavy atom. The molecule has 0 unspecified atom stereocenters. The number of carbonyl (C=O) groups excluding carboxylic acids is 1. The number of halogens is 1. The molecule has 112 valence electrons. The molecule has 0 heterocycles. The van der Waals surface area contributed by atoms with E-state index in [1.54, 1.807) is 18.2 Å². The van der Waals surface area contributed by atoms with Crippen LogP contribution >= 0.6 is 11.6 Å². The number of benzene rings is 1. The van der Waals surface area contributed by atoms with Gasteiger partial charge in [-0.3, -0.25) is 4.90 Å². The monoisotopic (exact) mass is 306 g/mol. The van der Waals surface area contributed by atoms with Crippen LogP contribution in [0.1, 0.15) is 39.2 Å². The lowest BCUT2D eigenvalue weighted by Gasteiger charge is -2.28. The first-order valence-corrected chi connectivity index (χ1v) is 7.38. The van der Waals surface area contributed by atoms with Gasteiger partial charge in [0.1, 0.15) is 11.7 Å². The van der Waals surface area contributed by atoms with Crippen LogP contribution in [0.5, 0.6) is 0 Å². The number of hydrogen-bond acceptors (Lipinski definition) is 3. The molecule has 0 atom stereocenters. The van der Waals surface area contributed by atoms with Crippen molar-refractivity contribution in [1.82, 2.24) is 0 Å². The summed E-state index contributed by atoms with van der Waals surface area (Å²) in [6.07, 6.45) is 1.76. The Morgan fingerprint density at radius 3 is 2.67 bits per heavy atom. The van der Waals surface area contributed by atoms with E-state index < -0.39 is 11.7 Å². The lowest BCUT2D eigenvalue weighted by molar-refractivity contribution is 0.0578. The smallest absolute Gasteiger partial charge is 0.414 e. The summed E-state index contributed by atoms with van der Waals surface area (Å²) in [5.41, 5.74) is 0.363. The minimum Gasteiger partial charge on any atom is -0.443 e. The van der Waals surface area contributed by atoms with E-state index in [4.69, 9.17) is 16.3 Å². The number of nitriles is 1. The van der Waals surface area contributed by atoms with Crippen LogP contribution in [0, 0.1) is 17.2 Å². The molecule has 0 N–H and O–H groups in total. The molecule has 1 saturated carbocycles. The Labute approximate surface area is 130 Å². The Kier molecular flexibility index (Phi) is 4.43. The van der Waals surface area contributed by atoms with Crippen LogP contribution in [0.3, 0.4) is 0 Å². The zero-order chi connectivity index (χ0) is 15.6. The van der Waals surface area contributed by atoms with E-state index >= 15 is 0 Å². The standard InChI is InChI=1S/C16H19ClN2O2/c1-16(2,3)21-15(20)19(10-11-4-5-11)14-8-13(17)7-6-12(14)9-18/h6-8,11H,4-5,10H2,1-3H3. The van der Waals surface area contributed by atoms with Crippen molar-refractivity contribution in [1.29, 1.82) is 5.26 Å². The molecular formula is C16H19ClN2O2. The van der Waals surface area contributed by atoms with Crippen LogP contribution < -0.4 is 4.90 Å². The van der Waals surface area contributed by atoms with Gasteiger partial charge >= 0.3 is 6.09 Å². The highest BCUT2D eigenvalue weighted by Gasteiger charge is 2.31. The van der Waals surface area contributed by atoms with Gasteiger partial charge in [0, 0.05) is 11.6 Å². The lowest BCUT2D eigenvalue weighted by Crippen LogP contribution is -2.38. The molecule has 1 fully saturated rings. The van der Waals surface area contributed by atoms with Gasteiger partial charge in [-0.25, -0.2) is 4.79 Å². The third kappa shape index (κ3) is 4.37. The van der Waals surface area contributed by atoms with Gasteiger partial charge in [0.2, 0.25) is 0 Å². The first-order valence-electron chi connectivity index (χ1n) is 7.00. The zero-order valence-electron chi connectivity index (χ0n) is 12.5. The molecule has 4 nitrogen and oxygen atoms in total. The van der Waals surface area contributed by atoms with Gasteiger partial charge in [-0.15, -0.1) is 0 Å². The molecular weight excluding hydrogens is 288 g/mol. The van der Waals surface area contributed by atoms with Crippen molar-refractivity contribution in [3.05, 3.63) is 28.8 Å². The first kappa shape index (κ1) is 15.7. The van der Waals surface area contributed by atoms with Crippen LogP contribution in [0.2, 0.25) is 5.02 Å². The highest BCUT2D eigenvalue weighted by atomic mass is 35.5. The third-order valence-electron chi connectivity index (χ3n) is 3.12. The molecule has 1 amide bonds. The lowest BCUT2D eigenvalue weighted by atomic mass is 10.1. The molecule has 1 aromatic carbocycles. The summed E-state index contributed by atoms with van der Waals surface area (Å²) in [7, 11) is 0. The van der Waals surface area contributed by atoms with E-state index in [1.807, 2.05) is 20.8 Å². The predicted molar refractivity (Wildman–Crippen MR) is 82.5 cm³/mol. The summed E-state index contributed by atoms with van der Waals surface area (Å²) in [6.45, 7) is 6.03. The van der Waals surface area contributed by atoms with E-state index in [0.29, 0.717) is 28.7 Å². The van der Waals surface area contributed by atoms with E-state index in [1.165, 1.54) is 4.90 Å². The fourth-order valence-electron chi connectivity index (χ4n) is 1.97. The molecule has 0 saturated heterocycles. The van der Waals surface area contributed by atoms with E-state index in [0.717, 1.165) is 12.8 Å². The van der Waals surface area contributed by atoms with Gasteiger partial charge in [0.15, 0.2) is 0 Å². The maximum Gasteiger partial charge on any atom is 0.414 e. The van der Waals surface area contributed by atoms with Crippen LogP contribution in [0.4, 0.5) is 10.5 Å². The number of amides is 1. The van der Waals surface area contributed by atoms with Gasteiger partial charge in [0.25, 0.3) is 0 Å². The quantitative estimate of drug-likeness (QED) is 0.833. The third-order valence-corrected chi connectivity index (χ3v) is 3.36. The van der Waals surface area contributed by atoms with Crippen LogP contribution in [-0.2, 0) is 4.74 Å². The predicted octanol–water partition coefficient (Wildman–Crippen LogP) is 4.36. The molecule has 0 spiro atoms. The minimum atomic E-state index is -0.579. The maximum absolute atomic E-state index is 12.5. The van der Waals surface area contributed by atoms with Crippen molar-refractivity contribution in [2.45, 2.75) is 39.2 Å². The van der Waals surface area contributed by atoms with E-state index in [-0.39, 0.29) is 0 Å². The second-order valence-corrected chi connectivity index (χ2v) is 6.74. The molecule has 0 aromatic heterocycles. The van der Waals surface area contributed by atoms with Crippen LogP contribution in [0.25, 0.3) is 0 Å². The average Bonchev–Trinajstić information content (AvgIpc) is 3.17. The van der Waals surface area contributed by atoms with Gasteiger partial charge in [-0.1, -0.05) is 11.6 Å². The summed E-state index contributed by atoms with van der Waals surface area (Å²) in [4.78, 5) is 14.0. The normalized spacial score (nSPS) is 14.4. The zero-order valence-corrected chi connectivity index (χ0v) is 13.3. The van der Waals surface area contributed by atoms with Crippen LogP contribution in [-0.4, -0.2) is 18.2 Å². The Balaban J connectivity index is 2.33. The summed E-state index contributed by atoms with van der Waals surface area (Å²) >= 11 is 6.02. The van der Waals surface area contributed by atoms with Crippen LogP contribution in [0.15, 0.2) is 18.2 Å². The fourth-order valence-corrected chi connectivity index (χ4v) is 2.14. The number of hydrogen-bond donors (Lipinski definition) is 0. The van der Waals surface area contributed by atoms with Crippen molar-refractivity contribution in [2.24, 2.45) is 5.92 Å². The second kappa shape index (κ2) is 5.95. The summed E-state index contributed by atoms with van der Waals surface area (Å²) in [5.74, 6) is 0.475. The maximum atomic E-state index is 12.5. The summed E-state index contributed by atoms with van der Waals surface area (Å²) in [5, 5.41) is 9.74. The molecule has 2 rings (SSSR count). The SMILES string of the molecule is CC(C)(C)OC(=O)N(CC1CC1)c1cc(Cl)ccc1C#N. The van der Waals surface area contributed by atoms with E-state index in [2.05, 4.69) is 6.07 Å². The van der Waals surface area contributed by atoms with Crippen molar-refractivity contribution in [3.63, 3.8) is 0 Å². The second-order valence-electron chi connectivity index (χ2n) is 6.31. The number of rotatable bonds is 3. The Bertz CT molecular complexity index is 583. The molecule has 0 aliphatic heterocycles. The van der Waals surface area contributed by atoms with Crippen molar-refractivity contribution in [3.8, 4) is 6.07 Å². The molecule has 0 bridgehead atoms.